The monoisotopic (exact) mass is 660 g/mol. The van der Waals surface area contributed by atoms with E-state index in [0.717, 1.165) is 25.1 Å². The first-order valence-electron chi connectivity index (χ1n) is 17.9. The van der Waals surface area contributed by atoms with Crippen LogP contribution in [0.25, 0.3) is 0 Å². The zero-order valence-corrected chi connectivity index (χ0v) is 29.4. The van der Waals surface area contributed by atoms with Crippen molar-refractivity contribution < 1.29 is 39.1 Å². The van der Waals surface area contributed by atoms with E-state index in [-0.39, 0.29) is 42.5 Å². The minimum absolute atomic E-state index is 0.00842. The average molecular weight is 661 g/mol. The number of carbonyl (C=O) groups excluding carboxylic acids is 2. The second-order valence-electron chi connectivity index (χ2n) is 14.8. The highest BCUT2D eigenvalue weighted by Gasteiger charge is 2.47. The molecule has 0 bridgehead atoms. The molecule has 10 heteroatoms. The fraction of sp³-hybridized carbons (Fsp3) is 0.784. The lowest BCUT2D eigenvalue weighted by atomic mass is 9.91. The molecule has 47 heavy (non-hydrogen) atoms. The quantitative estimate of drug-likeness (QED) is 0.131. The van der Waals surface area contributed by atoms with Crippen molar-refractivity contribution in [2.75, 3.05) is 26.2 Å². The Labute approximate surface area is 281 Å². The van der Waals surface area contributed by atoms with Gasteiger partial charge in [-0.15, -0.1) is 0 Å². The molecule has 10 atom stereocenters. The molecule has 3 aliphatic heterocycles. The predicted octanol–water partition coefficient (Wildman–Crippen LogP) is 4.76. The zero-order chi connectivity index (χ0) is 34.3. The lowest BCUT2D eigenvalue weighted by Gasteiger charge is -2.29. The van der Waals surface area contributed by atoms with E-state index in [9.17, 15) is 24.9 Å². The molecule has 10 unspecified atom stereocenters. The van der Waals surface area contributed by atoms with Crippen LogP contribution in [0.5, 0.6) is 0 Å². The summed E-state index contributed by atoms with van der Waals surface area (Å²) in [5.41, 5.74) is -0.344. The van der Waals surface area contributed by atoms with Gasteiger partial charge in [-0.25, -0.2) is 4.79 Å². The van der Waals surface area contributed by atoms with Crippen molar-refractivity contribution in [1.29, 1.82) is 0 Å². The van der Waals surface area contributed by atoms with Gasteiger partial charge in [0.25, 0.3) is 0 Å². The number of rotatable bonds is 10. The van der Waals surface area contributed by atoms with Gasteiger partial charge in [-0.3, -0.25) is 9.69 Å². The summed E-state index contributed by atoms with van der Waals surface area (Å²) in [5, 5.41) is 31.8. The van der Waals surface area contributed by atoms with E-state index in [2.05, 4.69) is 4.90 Å². The van der Waals surface area contributed by atoms with Gasteiger partial charge in [0.2, 0.25) is 0 Å². The number of hydrogen-bond donors (Lipinski definition) is 3. The van der Waals surface area contributed by atoms with Gasteiger partial charge in [-0.1, -0.05) is 52.0 Å². The van der Waals surface area contributed by atoms with Crippen LogP contribution in [-0.2, 0) is 19.0 Å². The summed E-state index contributed by atoms with van der Waals surface area (Å²) in [6, 6.07) is 0.677. The van der Waals surface area contributed by atoms with E-state index in [1.54, 1.807) is 19.1 Å². The average Bonchev–Trinajstić information content (AvgIpc) is 3.93. The summed E-state index contributed by atoms with van der Waals surface area (Å²) in [6.07, 6.45) is 11.7. The Morgan fingerprint density at radius 2 is 1.89 bits per heavy atom. The number of esters is 1. The predicted molar refractivity (Wildman–Crippen MR) is 181 cm³/mol. The number of epoxide rings is 1. The van der Waals surface area contributed by atoms with Gasteiger partial charge in [-0.05, 0) is 69.9 Å². The van der Waals surface area contributed by atoms with E-state index in [4.69, 9.17) is 14.2 Å². The van der Waals surface area contributed by atoms with Gasteiger partial charge >= 0.3 is 12.1 Å². The van der Waals surface area contributed by atoms with Crippen LogP contribution in [0.1, 0.15) is 92.9 Å². The fourth-order valence-corrected chi connectivity index (χ4v) is 6.92. The van der Waals surface area contributed by atoms with Crippen molar-refractivity contribution >= 4 is 12.1 Å². The molecular formula is C37H60N2O8. The first-order valence-corrected chi connectivity index (χ1v) is 17.9. The zero-order valence-electron chi connectivity index (χ0n) is 29.4. The van der Waals surface area contributed by atoms with Gasteiger partial charge in [0.05, 0.1) is 36.4 Å². The molecule has 2 saturated heterocycles. The third kappa shape index (κ3) is 11.4. The van der Waals surface area contributed by atoms with E-state index in [0.29, 0.717) is 44.8 Å². The van der Waals surface area contributed by atoms with E-state index >= 15 is 0 Å². The van der Waals surface area contributed by atoms with Crippen molar-refractivity contribution in [3.05, 3.63) is 36.0 Å². The molecule has 0 aromatic heterocycles. The van der Waals surface area contributed by atoms with Gasteiger partial charge < -0.3 is 34.4 Å². The lowest BCUT2D eigenvalue weighted by molar-refractivity contribution is -0.151. The third-order valence-electron chi connectivity index (χ3n) is 10.4. The van der Waals surface area contributed by atoms with Gasteiger partial charge in [0.1, 0.15) is 12.2 Å². The molecule has 4 aliphatic rings. The summed E-state index contributed by atoms with van der Waals surface area (Å²) >= 11 is 0. The van der Waals surface area contributed by atoms with Crippen LogP contribution in [0.3, 0.4) is 0 Å². The van der Waals surface area contributed by atoms with Crippen molar-refractivity contribution in [3.8, 4) is 0 Å². The van der Waals surface area contributed by atoms with Crippen LogP contribution in [0.2, 0.25) is 0 Å². The van der Waals surface area contributed by atoms with Gasteiger partial charge in [0.15, 0.2) is 0 Å². The summed E-state index contributed by atoms with van der Waals surface area (Å²) < 4.78 is 17.8. The normalized spacial score (nSPS) is 34.4. The Balaban J connectivity index is 1.41. The maximum absolute atomic E-state index is 13.3. The standard InChI is InChI=1S/C37H60N2O8/c1-7-30(41)27(5)35-32(45-35)23-37(6,44)17-8-10-25(3)34-26(4)12-16-31(24(2)11-15-29(40)22-33(42)47-34)46-36(43)39-19-9-18-38(20-21-39)28-13-14-28/h8,10,12,16-17,24,26-32,34-35,40-41,44H,7,9,11,13-15,18-23H2,1-6H3. The Morgan fingerprint density at radius 3 is 2.60 bits per heavy atom. The summed E-state index contributed by atoms with van der Waals surface area (Å²) in [5.74, 6) is -0.754. The number of hydrogen-bond acceptors (Lipinski definition) is 9. The highest BCUT2D eigenvalue weighted by molar-refractivity contribution is 5.70. The summed E-state index contributed by atoms with van der Waals surface area (Å²) in [7, 11) is 0. The minimum Gasteiger partial charge on any atom is -0.457 e. The van der Waals surface area contributed by atoms with Crippen molar-refractivity contribution in [2.24, 2.45) is 17.8 Å². The fourth-order valence-electron chi connectivity index (χ4n) is 6.92. The molecule has 266 valence electrons. The Kier molecular flexibility index (Phi) is 13.5. The number of cyclic esters (lactones) is 1. The summed E-state index contributed by atoms with van der Waals surface area (Å²) in [4.78, 5) is 30.5. The molecule has 3 N–H and O–H groups in total. The molecule has 0 radical (unpaired) electrons. The SMILES string of the molecule is CCC(O)C(C)C1OC1CC(C)(O)C=CC=C(C)C1OC(=O)CC(O)CCC(C)C(OC(=O)N2CCCN(C3CC3)CC2)C=CC1C. The van der Waals surface area contributed by atoms with Crippen molar-refractivity contribution in [1.82, 2.24) is 9.80 Å². The Hall–Kier alpha value is -2.24. The minimum atomic E-state index is -1.12. The molecule has 1 saturated carbocycles. The molecule has 10 nitrogen and oxygen atoms in total. The molecule has 1 aliphatic carbocycles. The number of allylic oxidation sites excluding steroid dienone is 2. The Morgan fingerprint density at radius 1 is 1.15 bits per heavy atom. The highest BCUT2D eigenvalue weighted by atomic mass is 16.6. The van der Waals surface area contributed by atoms with E-state index in [1.807, 2.05) is 57.7 Å². The maximum Gasteiger partial charge on any atom is 0.410 e. The van der Waals surface area contributed by atoms with Crippen LogP contribution in [0.4, 0.5) is 4.79 Å². The van der Waals surface area contributed by atoms with Crippen molar-refractivity contribution in [2.45, 2.75) is 141 Å². The number of nitrogens with zero attached hydrogens (tertiary/aromatic N) is 2. The second-order valence-corrected chi connectivity index (χ2v) is 14.8. The molecule has 1 amide bonds. The first kappa shape index (κ1) is 37.6. The van der Waals surface area contributed by atoms with Crippen LogP contribution in [-0.4, -0.2) is 112 Å². The highest BCUT2D eigenvalue weighted by Crippen LogP contribution is 2.37. The number of aliphatic hydroxyl groups is 3. The maximum atomic E-state index is 13.3. The summed E-state index contributed by atoms with van der Waals surface area (Å²) in [6.45, 7) is 14.7. The smallest absolute Gasteiger partial charge is 0.410 e. The van der Waals surface area contributed by atoms with E-state index < -0.39 is 36.0 Å². The topological polar surface area (TPSA) is 132 Å². The Bertz CT molecular complexity index is 1130. The molecule has 0 aromatic rings. The van der Waals surface area contributed by atoms with Gasteiger partial charge in [-0.2, -0.15) is 0 Å². The van der Waals surface area contributed by atoms with Gasteiger partial charge in [0, 0.05) is 50.5 Å². The number of ether oxygens (including phenoxy) is 3. The van der Waals surface area contributed by atoms with E-state index in [1.165, 1.54) is 12.8 Å². The van der Waals surface area contributed by atoms with Crippen LogP contribution in [0, 0.1) is 17.8 Å². The number of amides is 1. The number of aliphatic hydroxyl groups excluding tert-OH is 2. The molecule has 0 spiro atoms. The van der Waals surface area contributed by atoms with Crippen LogP contribution in [0.15, 0.2) is 36.0 Å². The van der Waals surface area contributed by atoms with Crippen LogP contribution >= 0.6 is 0 Å². The number of carbonyl (C=O) groups is 2. The second kappa shape index (κ2) is 16.9. The molecular weight excluding hydrogens is 600 g/mol. The molecule has 4 rings (SSSR count). The molecule has 3 heterocycles. The lowest BCUT2D eigenvalue weighted by Crippen LogP contribution is -2.39. The first-order chi connectivity index (χ1) is 22.3. The van der Waals surface area contributed by atoms with Crippen molar-refractivity contribution in [3.63, 3.8) is 0 Å². The largest absolute Gasteiger partial charge is 0.457 e. The molecule has 0 aromatic carbocycles. The molecule has 3 fully saturated rings. The third-order valence-corrected chi connectivity index (χ3v) is 10.4. The van der Waals surface area contributed by atoms with Crippen LogP contribution < -0.4 is 0 Å².